The van der Waals surface area contributed by atoms with Crippen molar-refractivity contribution in [2.75, 3.05) is 40.5 Å². The first-order chi connectivity index (χ1) is 23.5. The standard InChI is InChI=1S/C34H41N3O12/c1-16-29(40)21(37-7-8-48-24(13-37)47-3)10-18(49-16)9-17-11-34(45,23(14-38)36-35-15-39)12-20-25(17)32(43)28-27(31(20)42)30(41)19-5-4-6-22(46-2)26(19)33(28)44/h4-6,15-18,21,24,29,38,40,42-43,45H,7-14H2,1-3H3,(H,35,39)/b36-23+/t16-,17-,18-,21-,24+,29+,34+/m0/s1. The van der Waals surface area contributed by atoms with E-state index in [1.165, 1.54) is 25.3 Å². The molecule has 264 valence electrons. The van der Waals surface area contributed by atoms with E-state index in [1.807, 2.05) is 0 Å². The Morgan fingerprint density at radius 2 is 1.92 bits per heavy atom. The largest absolute Gasteiger partial charge is 0.507 e. The minimum Gasteiger partial charge on any atom is -0.507 e. The second-order valence-electron chi connectivity index (χ2n) is 13.0. The molecule has 2 fully saturated rings. The van der Waals surface area contributed by atoms with Crippen LogP contribution in [0.3, 0.4) is 0 Å². The normalized spacial score (nSPS) is 30.3. The number of hydrogen-bond acceptors (Lipinski definition) is 14. The summed E-state index contributed by atoms with van der Waals surface area (Å²) in [5.74, 6) is -3.24. The molecule has 15 heteroatoms. The van der Waals surface area contributed by atoms with E-state index in [9.17, 15) is 39.9 Å². The van der Waals surface area contributed by atoms with Gasteiger partial charge in [-0.05, 0) is 38.2 Å². The molecule has 15 nitrogen and oxygen atoms in total. The molecule has 7 atom stereocenters. The van der Waals surface area contributed by atoms with Crippen molar-refractivity contribution >= 4 is 23.7 Å². The molecule has 6 N–H and O–H groups in total. The van der Waals surface area contributed by atoms with Crippen LogP contribution >= 0.6 is 0 Å². The number of phenols is 2. The Labute approximate surface area is 282 Å². The summed E-state index contributed by atoms with van der Waals surface area (Å²) in [5, 5.41) is 61.0. The fourth-order valence-electron chi connectivity index (χ4n) is 8.00. The van der Waals surface area contributed by atoms with Crippen LogP contribution in [0.25, 0.3) is 0 Å². The molecule has 0 unspecified atom stereocenters. The molecule has 2 heterocycles. The zero-order valence-corrected chi connectivity index (χ0v) is 27.4. The molecule has 0 radical (unpaired) electrons. The maximum atomic E-state index is 14.0. The summed E-state index contributed by atoms with van der Waals surface area (Å²) < 4.78 is 22.7. The number of benzene rings is 2. The number of morpholine rings is 1. The SMILES string of the molecule is COc1cccc2c1C(=O)c1c(O)c3c(c(O)c1C2=O)C[C@@](O)(/C(CO)=N/NC=O)C[C@@H]3C[C@H]1C[C@H](N2CCO[C@@H](OC)C2)[C@H](O)[C@H](C)O1. The minimum absolute atomic E-state index is 0.00805. The Hall–Kier alpha value is -3.96. The van der Waals surface area contributed by atoms with Gasteiger partial charge in [-0.3, -0.25) is 19.3 Å². The number of nitrogens with one attached hydrogen (secondary N) is 1. The van der Waals surface area contributed by atoms with Gasteiger partial charge < -0.3 is 44.5 Å². The number of methoxy groups -OCH3 is 2. The first-order valence-corrected chi connectivity index (χ1v) is 16.2. The fourth-order valence-corrected chi connectivity index (χ4v) is 8.00. The van der Waals surface area contributed by atoms with Crippen molar-refractivity contribution in [3.05, 3.63) is 51.6 Å². The van der Waals surface area contributed by atoms with Gasteiger partial charge in [0, 0.05) is 49.4 Å². The van der Waals surface area contributed by atoms with Gasteiger partial charge in [0.25, 0.3) is 0 Å². The predicted octanol–water partition coefficient (Wildman–Crippen LogP) is 0.339. The highest BCUT2D eigenvalue weighted by atomic mass is 16.7. The average Bonchev–Trinajstić information content (AvgIpc) is 3.09. The molecule has 2 aliphatic heterocycles. The van der Waals surface area contributed by atoms with Crippen LogP contribution in [0.2, 0.25) is 0 Å². The number of nitrogens with zero attached hydrogens (tertiary/aromatic N) is 2. The molecule has 0 aromatic heterocycles. The topological polar surface area (TPSA) is 217 Å². The first-order valence-electron chi connectivity index (χ1n) is 16.2. The highest BCUT2D eigenvalue weighted by molar-refractivity contribution is 6.31. The van der Waals surface area contributed by atoms with Crippen LogP contribution in [0.15, 0.2) is 23.3 Å². The summed E-state index contributed by atoms with van der Waals surface area (Å²) in [4.78, 5) is 41.0. The summed E-state index contributed by atoms with van der Waals surface area (Å²) >= 11 is 0. The second kappa shape index (κ2) is 13.7. The zero-order valence-electron chi connectivity index (χ0n) is 27.4. The number of rotatable bonds is 9. The Morgan fingerprint density at radius 3 is 2.61 bits per heavy atom. The van der Waals surface area contributed by atoms with Crippen molar-refractivity contribution in [2.24, 2.45) is 5.10 Å². The van der Waals surface area contributed by atoms with Crippen molar-refractivity contribution < 1.29 is 58.9 Å². The number of carbonyl (C=O) groups is 3. The molecule has 4 aliphatic rings. The Balaban J connectivity index is 1.45. The number of amides is 1. The van der Waals surface area contributed by atoms with Crippen molar-refractivity contribution in [1.29, 1.82) is 0 Å². The highest BCUT2D eigenvalue weighted by Gasteiger charge is 2.49. The highest BCUT2D eigenvalue weighted by Crippen LogP contribution is 2.53. The lowest BCUT2D eigenvalue weighted by Gasteiger charge is -2.47. The van der Waals surface area contributed by atoms with Gasteiger partial charge >= 0.3 is 0 Å². The maximum absolute atomic E-state index is 14.0. The monoisotopic (exact) mass is 683 g/mol. The van der Waals surface area contributed by atoms with Crippen molar-refractivity contribution in [2.45, 2.75) is 74.8 Å². The van der Waals surface area contributed by atoms with Crippen LogP contribution in [-0.2, 0) is 25.4 Å². The van der Waals surface area contributed by atoms with Gasteiger partial charge in [-0.15, -0.1) is 0 Å². The number of carbonyl (C=O) groups excluding carboxylic acids is 3. The summed E-state index contributed by atoms with van der Waals surface area (Å²) in [6.07, 6.45) is -2.29. The lowest BCUT2D eigenvalue weighted by Crippen LogP contribution is -2.59. The number of fused-ring (bicyclic) bond motifs is 3. The van der Waals surface area contributed by atoms with Gasteiger partial charge in [0.05, 0.1) is 61.0 Å². The van der Waals surface area contributed by atoms with Crippen molar-refractivity contribution in [1.82, 2.24) is 10.3 Å². The number of aliphatic hydroxyl groups is 3. The third kappa shape index (κ3) is 5.98. The van der Waals surface area contributed by atoms with E-state index in [0.29, 0.717) is 26.1 Å². The molecule has 2 aliphatic carbocycles. The molecule has 6 rings (SSSR count). The minimum atomic E-state index is -1.96. The van der Waals surface area contributed by atoms with Gasteiger partial charge in [0.1, 0.15) is 22.8 Å². The van der Waals surface area contributed by atoms with Crippen LogP contribution in [0.1, 0.15) is 75.1 Å². The van der Waals surface area contributed by atoms with Crippen LogP contribution in [0, 0.1) is 0 Å². The number of hydrazone groups is 1. The van der Waals surface area contributed by atoms with Crippen LogP contribution < -0.4 is 10.2 Å². The molecule has 2 saturated heterocycles. The quantitative estimate of drug-likeness (QED) is 0.0777. The molecule has 0 bridgehead atoms. The lowest BCUT2D eigenvalue weighted by molar-refractivity contribution is -0.200. The van der Waals surface area contributed by atoms with E-state index in [0.717, 1.165) is 0 Å². The van der Waals surface area contributed by atoms with Gasteiger partial charge in [0.15, 0.2) is 12.1 Å². The van der Waals surface area contributed by atoms with E-state index in [1.54, 1.807) is 14.0 Å². The average molecular weight is 684 g/mol. The first kappa shape index (κ1) is 34.9. The molecular weight excluding hydrogens is 642 g/mol. The van der Waals surface area contributed by atoms with Crippen molar-refractivity contribution in [3.8, 4) is 17.2 Å². The molecule has 2 aromatic carbocycles. The van der Waals surface area contributed by atoms with Crippen LogP contribution in [0.5, 0.6) is 17.2 Å². The maximum Gasteiger partial charge on any atom is 0.227 e. The van der Waals surface area contributed by atoms with E-state index in [-0.39, 0.29) is 64.6 Å². The second-order valence-corrected chi connectivity index (χ2v) is 13.0. The smallest absolute Gasteiger partial charge is 0.227 e. The number of phenolic OH excluding ortho intramolecular Hbond substituents is 2. The van der Waals surface area contributed by atoms with Gasteiger partial charge in [0.2, 0.25) is 12.2 Å². The van der Waals surface area contributed by atoms with E-state index < -0.39 is 77.8 Å². The summed E-state index contributed by atoms with van der Waals surface area (Å²) in [6.45, 7) is 2.37. The number of aromatic hydroxyl groups is 2. The molecular formula is C34H41N3O12. The Kier molecular flexibility index (Phi) is 9.79. The Morgan fingerprint density at radius 1 is 1.16 bits per heavy atom. The molecule has 49 heavy (non-hydrogen) atoms. The summed E-state index contributed by atoms with van der Waals surface area (Å²) in [6, 6.07) is 4.13. The van der Waals surface area contributed by atoms with Gasteiger partial charge in [-0.1, -0.05) is 12.1 Å². The lowest BCUT2D eigenvalue weighted by atomic mass is 9.67. The number of hydrogen-bond donors (Lipinski definition) is 6. The fraction of sp³-hybridized carbons (Fsp3) is 0.529. The van der Waals surface area contributed by atoms with Gasteiger partial charge in [-0.2, -0.15) is 5.10 Å². The van der Waals surface area contributed by atoms with E-state index in [4.69, 9.17) is 18.9 Å². The van der Waals surface area contributed by atoms with E-state index in [2.05, 4.69) is 15.4 Å². The number of aliphatic hydroxyl groups excluding tert-OH is 2. The van der Waals surface area contributed by atoms with Crippen LogP contribution in [-0.4, -0.2) is 131 Å². The van der Waals surface area contributed by atoms with Crippen LogP contribution in [0.4, 0.5) is 0 Å². The molecule has 2 aromatic rings. The summed E-state index contributed by atoms with van der Waals surface area (Å²) in [5.41, 5.74) is -0.790. The Bertz CT molecular complexity index is 1680. The van der Waals surface area contributed by atoms with E-state index >= 15 is 0 Å². The molecule has 0 spiro atoms. The third-order valence-electron chi connectivity index (χ3n) is 10.3. The van der Waals surface area contributed by atoms with Gasteiger partial charge in [-0.25, -0.2) is 5.43 Å². The molecule has 1 amide bonds. The third-order valence-corrected chi connectivity index (χ3v) is 10.3. The zero-order chi connectivity index (χ0) is 35.2. The van der Waals surface area contributed by atoms with Crippen molar-refractivity contribution in [3.63, 3.8) is 0 Å². The predicted molar refractivity (Wildman–Crippen MR) is 171 cm³/mol. The summed E-state index contributed by atoms with van der Waals surface area (Å²) in [7, 11) is 2.90. The molecule has 0 saturated carbocycles. The number of ether oxygens (including phenoxy) is 4. The number of ketones is 2.